The number of primary amides is 1. The molecule has 0 aromatic carbocycles. The lowest BCUT2D eigenvalue weighted by molar-refractivity contribution is -0.141. The van der Waals surface area contributed by atoms with E-state index in [0.29, 0.717) is 0 Å². The minimum absolute atomic E-state index is 0.295. The lowest BCUT2D eigenvalue weighted by Gasteiger charge is -2.22. The maximum atomic E-state index is 12.3. The third kappa shape index (κ3) is 10.0. The number of carbonyl (C=O) groups excluding carboxylic acids is 4. The molecule has 0 aromatic heterocycles. The van der Waals surface area contributed by atoms with Gasteiger partial charge in [0.1, 0.15) is 24.7 Å². The molecule has 0 aliphatic rings. The second kappa shape index (κ2) is 12.2. The van der Waals surface area contributed by atoms with Gasteiger partial charge in [0, 0.05) is 6.42 Å². The summed E-state index contributed by atoms with van der Waals surface area (Å²) < 4.78 is 0. The Morgan fingerprint density at radius 3 is 1.89 bits per heavy atom. The summed E-state index contributed by atoms with van der Waals surface area (Å²) in [6.07, 6.45) is -1.50. The molecule has 0 fully saturated rings. The van der Waals surface area contributed by atoms with E-state index in [1.54, 1.807) is 0 Å². The van der Waals surface area contributed by atoms with Crippen molar-refractivity contribution in [2.24, 2.45) is 11.5 Å². The lowest BCUT2D eigenvalue weighted by Crippen LogP contribution is -2.57. The number of carboxylic acid groups (broad SMARTS) is 2. The van der Waals surface area contributed by atoms with E-state index in [-0.39, 0.29) is 12.8 Å². The number of carboxylic acids is 2. The molecule has 14 heteroatoms. The predicted molar refractivity (Wildman–Crippen MR) is 90.2 cm³/mol. The van der Waals surface area contributed by atoms with Crippen molar-refractivity contribution < 1.29 is 44.1 Å². The number of amides is 4. The van der Waals surface area contributed by atoms with E-state index in [9.17, 15) is 28.8 Å². The highest BCUT2D eigenvalue weighted by Crippen LogP contribution is 2.01. The van der Waals surface area contributed by atoms with Gasteiger partial charge in [0.15, 0.2) is 0 Å². The molecule has 158 valence electrons. The van der Waals surface area contributed by atoms with Gasteiger partial charge in [0.2, 0.25) is 23.6 Å². The van der Waals surface area contributed by atoms with Crippen LogP contribution in [0.25, 0.3) is 0 Å². The van der Waals surface area contributed by atoms with Crippen molar-refractivity contribution in [3.05, 3.63) is 0 Å². The lowest BCUT2D eigenvalue weighted by atomic mass is 10.1. The minimum Gasteiger partial charge on any atom is -0.481 e. The van der Waals surface area contributed by atoms with Crippen LogP contribution in [-0.4, -0.2) is 82.2 Å². The molecule has 10 N–H and O–H groups in total. The third-order valence-corrected chi connectivity index (χ3v) is 3.27. The van der Waals surface area contributed by atoms with Crippen LogP contribution in [0, 0.1) is 0 Å². The zero-order valence-electron chi connectivity index (χ0n) is 14.7. The van der Waals surface area contributed by atoms with Gasteiger partial charge in [-0.2, -0.15) is 0 Å². The van der Waals surface area contributed by atoms with Gasteiger partial charge >= 0.3 is 11.9 Å². The smallest absolute Gasteiger partial charge is 0.322 e. The normalized spacial score (nSPS) is 13.5. The number of carbonyl (C=O) groups is 6. The van der Waals surface area contributed by atoms with Gasteiger partial charge in [-0.25, -0.2) is 0 Å². The van der Waals surface area contributed by atoms with Crippen LogP contribution in [0.4, 0.5) is 0 Å². The Morgan fingerprint density at radius 2 is 1.43 bits per heavy atom. The first-order valence-electron chi connectivity index (χ1n) is 7.94. The first kappa shape index (κ1) is 24.7. The summed E-state index contributed by atoms with van der Waals surface area (Å²) in [5.74, 6) is -6.67. The maximum absolute atomic E-state index is 12.3. The van der Waals surface area contributed by atoms with Crippen molar-refractivity contribution in [3.8, 4) is 0 Å². The molecule has 0 heterocycles. The van der Waals surface area contributed by atoms with Crippen molar-refractivity contribution in [1.29, 1.82) is 0 Å². The largest absolute Gasteiger partial charge is 0.481 e. The summed E-state index contributed by atoms with van der Waals surface area (Å²) in [7, 11) is 0. The molecule has 4 amide bonds. The zero-order chi connectivity index (χ0) is 21.9. The van der Waals surface area contributed by atoms with Gasteiger partial charge in [0.05, 0.1) is 13.0 Å². The Bertz CT molecular complexity index is 624. The average molecular weight is 405 g/mol. The topological polar surface area (TPSA) is 251 Å². The summed E-state index contributed by atoms with van der Waals surface area (Å²) in [4.78, 5) is 68.4. The highest BCUT2D eigenvalue weighted by molar-refractivity contribution is 5.95. The molecule has 0 spiro atoms. The van der Waals surface area contributed by atoms with Crippen LogP contribution in [0.3, 0.4) is 0 Å². The molecule has 0 radical (unpaired) electrons. The van der Waals surface area contributed by atoms with Crippen LogP contribution >= 0.6 is 0 Å². The summed E-state index contributed by atoms with van der Waals surface area (Å²) in [5.41, 5.74) is 10.3. The van der Waals surface area contributed by atoms with Crippen LogP contribution in [0.15, 0.2) is 0 Å². The van der Waals surface area contributed by atoms with E-state index in [2.05, 4.69) is 5.32 Å². The Hall–Kier alpha value is -3.26. The summed E-state index contributed by atoms with van der Waals surface area (Å²) in [6, 6.07) is -4.47. The molecular weight excluding hydrogens is 382 g/mol. The van der Waals surface area contributed by atoms with Crippen LogP contribution < -0.4 is 27.4 Å². The fraction of sp³-hybridized carbons (Fsp3) is 0.571. The van der Waals surface area contributed by atoms with Crippen LogP contribution in [0.5, 0.6) is 0 Å². The molecule has 28 heavy (non-hydrogen) atoms. The molecule has 0 aromatic rings. The number of aliphatic hydroxyl groups excluding tert-OH is 1. The summed E-state index contributed by atoms with van der Waals surface area (Å²) in [5, 5.41) is 32.5. The first-order valence-corrected chi connectivity index (χ1v) is 7.94. The highest BCUT2D eigenvalue weighted by Gasteiger charge is 2.29. The SMILES string of the molecule is NC(=O)CCC(NC(=O)C(CC(=O)O)NC(=O)C(N)CO)C(=O)NCC(=O)O. The molecule has 14 nitrogen and oxygen atoms in total. The first-order chi connectivity index (χ1) is 13.0. The van der Waals surface area contributed by atoms with E-state index < -0.39 is 73.3 Å². The minimum atomic E-state index is -1.65. The highest BCUT2D eigenvalue weighted by atomic mass is 16.4. The number of aliphatic carboxylic acids is 2. The third-order valence-electron chi connectivity index (χ3n) is 3.27. The molecule has 3 unspecified atom stereocenters. The molecule has 0 aliphatic heterocycles. The summed E-state index contributed by atoms with van der Waals surface area (Å²) >= 11 is 0. The van der Waals surface area contributed by atoms with Crippen molar-refractivity contribution in [1.82, 2.24) is 16.0 Å². The quantitative estimate of drug-likeness (QED) is 0.145. The Balaban J connectivity index is 5.26. The monoisotopic (exact) mass is 405 g/mol. The second-order valence-electron chi connectivity index (χ2n) is 5.63. The van der Waals surface area contributed by atoms with Gasteiger partial charge in [-0.05, 0) is 6.42 Å². The van der Waals surface area contributed by atoms with E-state index >= 15 is 0 Å². The molecular formula is C14H23N5O9. The van der Waals surface area contributed by atoms with E-state index in [4.69, 9.17) is 26.8 Å². The number of nitrogens with two attached hydrogens (primary N) is 2. The van der Waals surface area contributed by atoms with Crippen molar-refractivity contribution >= 4 is 35.6 Å². The number of hydrogen-bond acceptors (Lipinski definition) is 8. The molecule has 0 rings (SSSR count). The fourth-order valence-electron chi connectivity index (χ4n) is 1.86. The van der Waals surface area contributed by atoms with Crippen molar-refractivity contribution in [2.45, 2.75) is 37.4 Å². The second-order valence-corrected chi connectivity index (χ2v) is 5.63. The average Bonchev–Trinajstić information content (AvgIpc) is 2.60. The van der Waals surface area contributed by atoms with Gasteiger partial charge < -0.3 is 42.7 Å². The molecule has 0 saturated heterocycles. The molecule has 3 atom stereocenters. The van der Waals surface area contributed by atoms with Crippen LogP contribution in [0.1, 0.15) is 19.3 Å². The van der Waals surface area contributed by atoms with Gasteiger partial charge in [-0.3, -0.25) is 28.8 Å². The Morgan fingerprint density at radius 1 is 0.857 bits per heavy atom. The van der Waals surface area contributed by atoms with E-state index in [1.165, 1.54) is 0 Å². The van der Waals surface area contributed by atoms with Crippen LogP contribution in [0.2, 0.25) is 0 Å². The van der Waals surface area contributed by atoms with Crippen molar-refractivity contribution in [3.63, 3.8) is 0 Å². The zero-order valence-corrected chi connectivity index (χ0v) is 14.7. The Kier molecular flexibility index (Phi) is 10.8. The van der Waals surface area contributed by atoms with E-state index in [0.717, 1.165) is 0 Å². The van der Waals surface area contributed by atoms with Gasteiger partial charge in [-0.15, -0.1) is 0 Å². The maximum Gasteiger partial charge on any atom is 0.322 e. The summed E-state index contributed by atoms with van der Waals surface area (Å²) in [6.45, 7) is -1.52. The van der Waals surface area contributed by atoms with Crippen molar-refractivity contribution in [2.75, 3.05) is 13.2 Å². The molecule has 0 aliphatic carbocycles. The number of nitrogens with one attached hydrogen (secondary N) is 3. The standard InChI is InChI=1S/C14H23N5O9/c15-6(5-20)12(26)19-8(3-10(22)23)14(28)18-7(1-2-9(16)21)13(27)17-4-11(24)25/h6-8,20H,1-5,15H2,(H2,16,21)(H,17,27)(H,18,28)(H,19,26)(H,22,23)(H,24,25). The number of aliphatic hydroxyl groups is 1. The van der Waals surface area contributed by atoms with Gasteiger partial charge in [-0.1, -0.05) is 0 Å². The van der Waals surface area contributed by atoms with Crippen LogP contribution in [-0.2, 0) is 28.8 Å². The number of hydrogen-bond donors (Lipinski definition) is 8. The molecule has 0 bridgehead atoms. The fourth-order valence-corrected chi connectivity index (χ4v) is 1.86. The van der Waals surface area contributed by atoms with E-state index in [1.807, 2.05) is 10.6 Å². The van der Waals surface area contributed by atoms with Gasteiger partial charge in [0.25, 0.3) is 0 Å². The predicted octanol–water partition coefficient (Wildman–Crippen LogP) is -4.78. The molecule has 0 saturated carbocycles. The Labute approximate surface area is 158 Å². The number of rotatable bonds is 13.